The zero-order valence-corrected chi connectivity index (χ0v) is 23.0. The number of fused-ring (bicyclic) bond motifs is 1. The van der Waals surface area contributed by atoms with E-state index in [1.165, 1.54) is 28.0 Å². The van der Waals surface area contributed by atoms with Crippen LogP contribution in [0.1, 0.15) is 36.8 Å². The summed E-state index contributed by atoms with van der Waals surface area (Å²) >= 11 is 1.18. The lowest BCUT2D eigenvalue weighted by Gasteiger charge is -2.24. The van der Waals surface area contributed by atoms with E-state index in [9.17, 15) is 19.7 Å². The van der Waals surface area contributed by atoms with E-state index >= 15 is 0 Å². The minimum Gasteiger partial charge on any atom is -0.497 e. The Morgan fingerprint density at radius 3 is 2.60 bits per heavy atom. The largest absolute Gasteiger partial charge is 0.497 e. The molecule has 204 valence electrons. The molecule has 0 bridgehead atoms. The van der Waals surface area contributed by atoms with Gasteiger partial charge in [0.05, 0.1) is 40.5 Å². The predicted octanol–water partition coefficient (Wildman–Crippen LogP) is 4.28. The van der Waals surface area contributed by atoms with E-state index in [4.69, 9.17) is 13.9 Å². The molecule has 11 heteroatoms. The van der Waals surface area contributed by atoms with Crippen molar-refractivity contribution in [3.63, 3.8) is 0 Å². The van der Waals surface area contributed by atoms with Crippen LogP contribution >= 0.6 is 11.3 Å². The van der Waals surface area contributed by atoms with Gasteiger partial charge in [0.15, 0.2) is 4.80 Å². The molecule has 2 aromatic carbocycles. The fraction of sp³-hybridized carbons (Fsp3) is 0.207. The third-order valence-corrected chi connectivity index (χ3v) is 7.53. The first-order chi connectivity index (χ1) is 19.2. The van der Waals surface area contributed by atoms with E-state index in [1.54, 1.807) is 69.5 Å². The lowest BCUT2D eigenvalue weighted by atomic mass is 9.96. The van der Waals surface area contributed by atoms with Gasteiger partial charge in [-0.3, -0.25) is 19.5 Å². The number of non-ortho nitro benzene ring substituents is 1. The predicted molar refractivity (Wildman–Crippen MR) is 149 cm³/mol. The second kappa shape index (κ2) is 10.8. The quantitative estimate of drug-likeness (QED) is 0.188. The lowest BCUT2D eigenvalue weighted by molar-refractivity contribution is -0.384. The molecule has 10 nitrogen and oxygen atoms in total. The average molecular weight is 560 g/mol. The fourth-order valence-corrected chi connectivity index (χ4v) is 5.61. The zero-order valence-electron chi connectivity index (χ0n) is 22.2. The topological polar surface area (TPSA) is 126 Å². The van der Waals surface area contributed by atoms with Crippen LogP contribution < -0.4 is 19.6 Å². The number of ether oxygens (including phenoxy) is 2. The number of nitrogens with zero attached hydrogens (tertiary/aromatic N) is 3. The minimum atomic E-state index is -0.747. The number of hydrogen-bond donors (Lipinski definition) is 0. The molecule has 0 unspecified atom stereocenters. The van der Waals surface area contributed by atoms with Crippen LogP contribution in [-0.4, -0.2) is 29.2 Å². The number of hydrogen-bond acceptors (Lipinski definition) is 9. The van der Waals surface area contributed by atoms with E-state index in [2.05, 4.69) is 4.99 Å². The molecule has 4 aromatic rings. The smallest absolute Gasteiger partial charge is 0.338 e. The summed E-state index contributed by atoms with van der Waals surface area (Å²) in [6.45, 7) is 5.46. The summed E-state index contributed by atoms with van der Waals surface area (Å²) < 4.78 is 18.4. The van der Waals surface area contributed by atoms with E-state index in [0.717, 1.165) is 5.56 Å². The van der Waals surface area contributed by atoms with Crippen LogP contribution in [0.25, 0.3) is 17.4 Å². The molecule has 0 radical (unpaired) electrons. The number of nitro groups is 1. The molecule has 5 rings (SSSR count). The van der Waals surface area contributed by atoms with Gasteiger partial charge >= 0.3 is 5.97 Å². The monoisotopic (exact) mass is 559 g/mol. The number of furan rings is 1. The van der Waals surface area contributed by atoms with Crippen LogP contribution in [0.15, 0.2) is 80.1 Å². The molecular weight excluding hydrogens is 534 g/mol. The second-order valence-electron chi connectivity index (χ2n) is 9.03. The number of rotatable bonds is 7. The molecule has 0 amide bonds. The standard InChI is InChI=1S/C29H25N3O7S/c1-5-38-28(34)25-17(3)30-29-31(26(25)18-7-10-20(37-4)11-8-18)27(33)24(40-29)15-21-12-13-23(39-21)22-14-19(32(35)36)9-6-16(22)2/h6-15,26H,5H2,1-4H3/b24-15-/t26-/m1/s1. The maximum atomic E-state index is 13.8. The number of methoxy groups -OCH3 is 1. The third-order valence-electron chi connectivity index (χ3n) is 6.55. The van der Waals surface area contributed by atoms with E-state index in [0.29, 0.717) is 43.4 Å². The summed E-state index contributed by atoms with van der Waals surface area (Å²) in [5.41, 5.74) is 2.46. The van der Waals surface area contributed by atoms with Crippen molar-refractivity contribution in [1.82, 2.24) is 4.57 Å². The second-order valence-corrected chi connectivity index (χ2v) is 10.0. The molecule has 2 aromatic heterocycles. The van der Waals surface area contributed by atoms with Gasteiger partial charge in [-0.1, -0.05) is 29.5 Å². The Kier molecular flexibility index (Phi) is 7.22. The van der Waals surface area contributed by atoms with Crippen LogP contribution in [0.5, 0.6) is 5.75 Å². The average Bonchev–Trinajstić information content (AvgIpc) is 3.52. The maximum Gasteiger partial charge on any atom is 0.338 e. The van der Waals surface area contributed by atoms with Crippen molar-refractivity contribution >= 4 is 29.1 Å². The molecule has 3 heterocycles. The van der Waals surface area contributed by atoms with Crippen molar-refractivity contribution in [1.29, 1.82) is 0 Å². The summed E-state index contributed by atoms with van der Waals surface area (Å²) in [5.74, 6) is 0.939. The van der Waals surface area contributed by atoms with Gasteiger partial charge in [-0.15, -0.1) is 0 Å². The zero-order chi connectivity index (χ0) is 28.6. The number of aryl methyl sites for hydroxylation is 1. The van der Waals surface area contributed by atoms with Gasteiger partial charge in [-0.05, 0) is 56.2 Å². The molecule has 0 aliphatic carbocycles. The first-order valence-electron chi connectivity index (χ1n) is 12.4. The van der Waals surface area contributed by atoms with Crippen LogP contribution in [0.4, 0.5) is 5.69 Å². The third kappa shape index (κ3) is 4.87. The van der Waals surface area contributed by atoms with Crippen molar-refractivity contribution in [2.75, 3.05) is 13.7 Å². The van der Waals surface area contributed by atoms with Gasteiger partial charge in [0, 0.05) is 23.8 Å². The highest BCUT2D eigenvalue weighted by Gasteiger charge is 2.33. The van der Waals surface area contributed by atoms with Crippen LogP contribution in [0.2, 0.25) is 0 Å². The molecule has 1 aliphatic rings. The van der Waals surface area contributed by atoms with E-state index in [1.807, 2.05) is 6.92 Å². The van der Waals surface area contributed by atoms with Crippen molar-refractivity contribution in [2.24, 2.45) is 4.99 Å². The van der Waals surface area contributed by atoms with Gasteiger partial charge in [-0.25, -0.2) is 9.79 Å². The fourth-order valence-electron chi connectivity index (χ4n) is 4.59. The lowest BCUT2D eigenvalue weighted by Crippen LogP contribution is -2.39. The number of carbonyl (C=O) groups is 1. The van der Waals surface area contributed by atoms with Crippen molar-refractivity contribution < 1.29 is 23.6 Å². The van der Waals surface area contributed by atoms with Gasteiger partial charge in [0.25, 0.3) is 11.2 Å². The molecule has 1 atom stereocenters. The molecular formula is C29H25N3O7S. The van der Waals surface area contributed by atoms with Gasteiger partial charge < -0.3 is 13.9 Å². The maximum absolute atomic E-state index is 13.8. The van der Waals surface area contributed by atoms with Crippen LogP contribution in [0, 0.1) is 17.0 Å². The van der Waals surface area contributed by atoms with Gasteiger partial charge in [0.1, 0.15) is 17.3 Å². The highest BCUT2D eigenvalue weighted by molar-refractivity contribution is 7.07. The number of thiazole rings is 1. The Hall–Kier alpha value is -4.77. The molecule has 0 saturated carbocycles. The van der Waals surface area contributed by atoms with Crippen molar-refractivity contribution in [2.45, 2.75) is 26.8 Å². The minimum absolute atomic E-state index is 0.0434. The summed E-state index contributed by atoms with van der Waals surface area (Å²) in [6, 6.07) is 14.4. The number of aromatic nitrogens is 1. The van der Waals surface area contributed by atoms with E-state index in [-0.39, 0.29) is 23.4 Å². The number of carbonyl (C=O) groups excluding carboxylic acids is 1. The Bertz CT molecular complexity index is 1850. The highest BCUT2D eigenvalue weighted by Crippen LogP contribution is 2.32. The molecule has 40 heavy (non-hydrogen) atoms. The normalized spacial score (nSPS) is 15.0. The van der Waals surface area contributed by atoms with Gasteiger partial charge in [0.2, 0.25) is 0 Å². The first-order valence-corrected chi connectivity index (χ1v) is 13.2. The summed E-state index contributed by atoms with van der Waals surface area (Å²) in [4.78, 5) is 42.6. The number of esters is 1. The first kappa shape index (κ1) is 26.8. The van der Waals surface area contributed by atoms with Gasteiger partial charge in [-0.2, -0.15) is 0 Å². The number of allylic oxidation sites excluding steroid dienone is 1. The molecule has 0 N–H and O–H groups in total. The summed E-state index contributed by atoms with van der Waals surface area (Å²) in [5, 5.41) is 11.2. The summed E-state index contributed by atoms with van der Waals surface area (Å²) in [6.07, 6.45) is 1.61. The molecule has 0 fully saturated rings. The Labute approximate surface area is 232 Å². The number of nitro benzene ring substituents is 1. The van der Waals surface area contributed by atoms with E-state index < -0.39 is 16.9 Å². The summed E-state index contributed by atoms with van der Waals surface area (Å²) in [7, 11) is 1.56. The van der Waals surface area contributed by atoms with Crippen LogP contribution in [0.3, 0.4) is 0 Å². The molecule has 0 saturated heterocycles. The Morgan fingerprint density at radius 2 is 1.93 bits per heavy atom. The Balaban J connectivity index is 1.62. The molecule has 1 aliphatic heterocycles. The van der Waals surface area contributed by atoms with Crippen molar-refractivity contribution in [3.05, 3.63) is 113 Å². The van der Waals surface area contributed by atoms with Crippen molar-refractivity contribution in [3.8, 4) is 17.1 Å². The SMILES string of the molecule is CCOC(=O)C1=C(C)N=c2s/c(=C\c3ccc(-c4cc([N+](=O)[O-])ccc4C)o3)c(=O)n2[C@@H]1c1ccc(OC)cc1. The van der Waals surface area contributed by atoms with Crippen LogP contribution in [-0.2, 0) is 9.53 Å². The Morgan fingerprint density at radius 1 is 1.18 bits per heavy atom. The molecule has 0 spiro atoms. The highest BCUT2D eigenvalue weighted by atomic mass is 32.1. The number of benzene rings is 2.